The van der Waals surface area contributed by atoms with Gasteiger partial charge < -0.3 is 60.3 Å². The maximum Gasteiger partial charge on any atom is 3.00 e. The van der Waals surface area contributed by atoms with Crippen LogP contribution in [0.1, 0.15) is 0 Å². The number of rotatable bonds is 6. The molecule has 12 nitrogen and oxygen atoms in total. The van der Waals surface area contributed by atoms with Crippen molar-refractivity contribution in [1.82, 2.24) is 0 Å². The minimum Gasteiger partial charge on any atom is -0.547 e. The van der Waals surface area contributed by atoms with Crippen molar-refractivity contribution in [1.29, 1.82) is 0 Å². The molecule has 0 aromatic rings. The van der Waals surface area contributed by atoms with E-state index in [2.05, 4.69) is 0 Å². The van der Waals surface area contributed by atoms with Crippen molar-refractivity contribution in [3.8, 4) is 0 Å². The van der Waals surface area contributed by atoms with Crippen LogP contribution in [0.2, 0.25) is 0 Å². The number of aliphatic hydroxyl groups excluding tert-OH is 6. The number of carboxylic acids is 3. The van der Waals surface area contributed by atoms with E-state index in [1.54, 1.807) is 0 Å². The van der Waals surface area contributed by atoms with Crippen molar-refractivity contribution in [3.63, 3.8) is 0 Å². The minimum absolute atomic E-state index is 0. The number of carbonyl (C=O) groups excluding carboxylic acids is 3. The van der Waals surface area contributed by atoms with Crippen LogP contribution in [-0.2, 0) is 31.5 Å². The maximum atomic E-state index is 9.41. The first kappa shape index (κ1) is 28.8. The fraction of sp³-hybridized carbons (Fsp3) is 0.667. The number of carboxylic acid groups (broad SMARTS) is 3. The Balaban J connectivity index is -0.000000108. The van der Waals surface area contributed by atoms with Gasteiger partial charge in [-0.25, -0.2) is 0 Å². The van der Waals surface area contributed by atoms with Gasteiger partial charge in [0.15, 0.2) is 0 Å². The third-order valence-corrected chi connectivity index (χ3v) is 1.34. The van der Waals surface area contributed by atoms with Gasteiger partial charge in [0.05, 0.1) is 37.7 Å². The fourth-order valence-electron chi connectivity index (χ4n) is 0.224. The van der Waals surface area contributed by atoms with Gasteiger partial charge in [-0.1, -0.05) is 0 Å². The van der Waals surface area contributed by atoms with Crippen molar-refractivity contribution in [2.45, 2.75) is 18.3 Å². The van der Waals surface area contributed by atoms with E-state index in [1.807, 2.05) is 0 Å². The average molecular weight is 371 g/mol. The molecule has 0 rings (SSSR count). The maximum absolute atomic E-state index is 9.41. The first-order valence-corrected chi connectivity index (χ1v) is 5.04. The van der Waals surface area contributed by atoms with Gasteiger partial charge in [0.25, 0.3) is 0 Å². The van der Waals surface area contributed by atoms with Crippen LogP contribution in [0.3, 0.4) is 0 Å². The van der Waals surface area contributed by atoms with Gasteiger partial charge in [-0.3, -0.25) is 0 Å². The summed E-state index contributed by atoms with van der Waals surface area (Å²) in [6.07, 6.45) is -5.21. The molecule has 3 unspecified atom stereocenters. The van der Waals surface area contributed by atoms with Crippen molar-refractivity contribution in [2.24, 2.45) is 0 Å². The molecule has 0 saturated carbocycles. The Hall–Kier alpha value is -1.31. The summed E-state index contributed by atoms with van der Waals surface area (Å²) in [5.74, 6) is -4.95. The van der Waals surface area contributed by atoms with E-state index in [-0.39, 0.29) is 17.1 Å². The van der Waals surface area contributed by atoms with Gasteiger partial charge >= 0.3 is 17.1 Å². The number of aliphatic carboxylic acids is 3. The average Bonchev–Trinajstić information content (AvgIpc) is 2.45. The standard InChI is InChI=1S/3C3H6O4.Fe/c3*4-1-2(5)3(6)7;/h3*2,4-5H,1H2,(H,6,7);/q;;;+3/p-3. The second-order valence-corrected chi connectivity index (χ2v) is 3.05. The predicted molar refractivity (Wildman–Crippen MR) is 54.3 cm³/mol. The van der Waals surface area contributed by atoms with E-state index in [1.165, 1.54) is 0 Å². The summed E-state index contributed by atoms with van der Waals surface area (Å²) < 4.78 is 0. The van der Waals surface area contributed by atoms with Crippen LogP contribution < -0.4 is 15.3 Å². The zero-order chi connectivity index (χ0) is 17.6. The predicted octanol–water partition coefficient (Wildman–Crippen LogP) is -8.73. The Morgan fingerprint density at radius 2 is 0.773 bits per heavy atom. The molecule has 0 amide bonds. The van der Waals surface area contributed by atoms with Crippen molar-refractivity contribution in [3.05, 3.63) is 0 Å². The molecule has 3 atom stereocenters. The van der Waals surface area contributed by atoms with Crippen LogP contribution in [0.15, 0.2) is 0 Å². The molecule has 0 aliphatic rings. The zero-order valence-electron chi connectivity index (χ0n) is 10.8. The smallest absolute Gasteiger partial charge is 0.547 e. The summed E-state index contributed by atoms with van der Waals surface area (Å²) in [5.41, 5.74) is 0. The summed E-state index contributed by atoms with van der Waals surface area (Å²) in [7, 11) is 0. The Morgan fingerprint density at radius 1 is 0.636 bits per heavy atom. The molecule has 1 radical (unpaired) electrons. The number of hydrogen-bond donors (Lipinski definition) is 6. The normalized spacial score (nSPS) is 12.8. The van der Waals surface area contributed by atoms with Crippen LogP contribution in [0, 0.1) is 0 Å². The van der Waals surface area contributed by atoms with E-state index in [9.17, 15) is 29.7 Å². The van der Waals surface area contributed by atoms with Gasteiger partial charge in [0.1, 0.15) is 18.3 Å². The second-order valence-electron chi connectivity index (χ2n) is 3.05. The van der Waals surface area contributed by atoms with Crippen LogP contribution in [0.5, 0.6) is 0 Å². The van der Waals surface area contributed by atoms with Crippen LogP contribution >= 0.6 is 0 Å². The number of hydrogen-bond acceptors (Lipinski definition) is 12. The third-order valence-electron chi connectivity index (χ3n) is 1.34. The van der Waals surface area contributed by atoms with Gasteiger partial charge in [-0.15, -0.1) is 0 Å². The van der Waals surface area contributed by atoms with Gasteiger partial charge in [-0.05, 0) is 0 Å². The Bertz CT molecular complexity index is 261. The van der Waals surface area contributed by atoms with E-state index < -0.39 is 56.0 Å². The van der Waals surface area contributed by atoms with Gasteiger partial charge in [-0.2, -0.15) is 0 Å². The molecule has 0 fully saturated rings. The fourth-order valence-corrected chi connectivity index (χ4v) is 0.224. The molecule has 0 aliphatic carbocycles. The molecule has 0 bridgehead atoms. The molecule has 0 heterocycles. The summed E-state index contributed by atoms with van der Waals surface area (Å²) in [4.78, 5) is 28.2. The Morgan fingerprint density at radius 3 is 0.773 bits per heavy atom. The molecule has 0 spiro atoms. The molecule has 13 heteroatoms. The summed E-state index contributed by atoms with van der Waals surface area (Å²) >= 11 is 0. The van der Waals surface area contributed by atoms with Crippen molar-refractivity contribution in [2.75, 3.05) is 19.8 Å². The Kier molecular flexibility index (Phi) is 23.2. The van der Waals surface area contributed by atoms with Gasteiger partial charge in [0, 0.05) is 0 Å². The molecular formula is C9H15FeO12. The number of carbonyl (C=O) groups is 3. The van der Waals surface area contributed by atoms with Crippen LogP contribution in [-0.4, -0.2) is 86.7 Å². The van der Waals surface area contributed by atoms with E-state index in [0.717, 1.165) is 0 Å². The molecule has 22 heavy (non-hydrogen) atoms. The third kappa shape index (κ3) is 21.0. The Labute approximate surface area is 134 Å². The van der Waals surface area contributed by atoms with E-state index >= 15 is 0 Å². The number of aliphatic hydroxyl groups is 6. The topological polar surface area (TPSA) is 242 Å². The van der Waals surface area contributed by atoms with Crippen molar-refractivity contribution >= 4 is 17.9 Å². The molecule has 0 saturated heterocycles. The first-order chi connectivity index (χ1) is 9.54. The first-order valence-electron chi connectivity index (χ1n) is 5.04. The summed E-state index contributed by atoms with van der Waals surface area (Å²) in [5, 5.41) is 75.8. The SMILES string of the molecule is O=C([O-])C(O)CO.O=C([O-])C(O)CO.O=C([O-])C(O)CO.[Fe+3]. The molecule has 0 aliphatic heterocycles. The minimum atomic E-state index is -1.74. The van der Waals surface area contributed by atoms with Crippen molar-refractivity contribution < 1.29 is 77.4 Å². The monoisotopic (exact) mass is 371 g/mol. The molecule has 0 aromatic heterocycles. The molecule has 6 N–H and O–H groups in total. The van der Waals surface area contributed by atoms with Crippen LogP contribution in [0.25, 0.3) is 0 Å². The summed E-state index contributed by atoms with van der Waals surface area (Å²) in [6, 6.07) is 0. The molecular weight excluding hydrogens is 356 g/mol. The zero-order valence-corrected chi connectivity index (χ0v) is 11.9. The van der Waals surface area contributed by atoms with Crippen LogP contribution in [0.4, 0.5) is 0 Å². The largest absolute Gasteiger partial charge is 3.00 e. The quantitative estimate of drug-likeness (QED) is 0.238. The van der Waals surface area contributed by atoms with Gasteiger partial charge in [0.2, 0.25) is 0 Å². The molecule has 131 valence electrons. The second kappa shape index (κ2) is 17.7. The van der Waals surface area contributed by atoms with E-state index in [0.29, 0.717) is 0 Å². The summed E-state index contributed by atoms with van der Waals surface area (Å²) in [6.45, 7) is -2.37. The molecule has 0 aromatic carbocycles. The van der Waals surface area contributed by atoms with E-state index in [4.69, 9.17) is 30.6 Å².